The highest BCUT2D eigenvalue weighted by atomic mass is 16.5. The van der Waals surface area contributed by atoms with E-state index in [1.54, 1.807) is 0 Å². The standard InChI is InChI=1S/C13H17N3O/c1-8-4-5-11(6-9(8)2)13-15-12(16-17-13)10(3)7-14/h4-6,10H,7,14H2,1-3H3. The molecule has 0 spiro atoms. The second kappa shape index (κ2) is 4.67. The van der Waals surface area contributed by atoms with Crippen molar-refractivity contribution in [3.63, 3.8) is 0 Å². The minimum Gasteiger partial charge on any atom is -0.334 e. The van der Waals surface area contributed by atoms with Crippen LogP contribution in [-0.2, 0) is 0 Å². The second-order valence-corrected chi connectivity index (χ2v) is 4.39. The van der Waals surface area contributed by atoms with Gasteiger partial charge >= 0.3 is 0 Å². The van der Waals surface area contributed by atoms with E-state index in [1.807, 2.05) is 13.0 Å². The first-order valence-electron chi connectivity index (χ1n) is 5.73. The topological polar surface area (TPSA) is 64.9 Å². The summed E-state index contributed by atoms with van der Waals surface area (Å²) in [5, 5.41) is 3.95. The molecule has 0 bridgehead atoms. The number of aromatic nitrogens is 2. The van der Waals surface area contributed by atoms with E-state index in [4.69, 9.17) is 10.3 Å². The van der Waals surface area contributed by atoms with Crippen molar-refractivity contribution < 1.29 is 4.52 Å². The molecule has 1 unspecified atom stereocenters. The van der Waals surface area contributed by atoms with E-state index in [2.05, 4.69) is 36.1 Å². The van der Waals surface area contributed by atoms with Crippen LogP contribution in [0.4, 0.5) is 0 Å². The maximum atomic E-state index is 5.57. The van der Waals surface area contributed by atoms with Crippen LogP contribution in [0.3, 0.4) is 0 Å². The molecule has 1 aromatic carbocycles. The molecule has 4 nitrogen and oxygen atoms in total. The highest BCUT2D eigenvalue weighted by molar-refractivity contribution is 5.55. The van der Waals surface area contributed by atoms with Crippen LogP contribution in [0.1, 0.15) is 29.8 Å². The van der Waals surface area contributed by atoms with Gasteiger partial charge in [0.25, 0.3) is 5.89 Å². The highest BCUT2D eigenvalue weighted by Gasteiger charge is 2.13. The Kier molecular flexibility index (Phi) is 3.24. The Bertz CT molecular complexity index is 519. The predicted molar refractivity (Wildman–Crippen MR) is 66.7 cm³/mol. The van der Waals surface area contributed by atoms with Crippen LogP contribution >= 0.6 is 0 Å². The molecular formula is C13H17N3O. The van der Waals surface area contributed by atoms with Crippen LogP contribution in [0.2, 0.25) is 0 Å². The fourth-order valence-electron chi connectivity index (χ4n) is 1.53. The van der Waals surface area contributed by atoms with Gasteiger partial charge in [-0.1, -0.05) is 18.1 Å². The van der Waals surface area contributed by atoms with Crippen LogP contribution in [0.5, 0.6) is 0 Å². The largest absolute Gasteiger partial charge is 0.334 e. The van der Waals surface area contributed by atoms with Crippen molar-refractivity contribution >= 4 is 0 Å². The van der Waals surface area contributed by atoms with E-state index in [0.29, 0.717) is 18.3 Å². The van der Waals surface area contributed by atoms with Gasteiger partial charge in [0.15, 0.2) is 5.82 Å². The fourth-order valence-corrected chi connectivity index (χ4v) is 1.53. The minimum absolute atomic E-state index is 0.124. The fraction of sp³-hybridized carbons (Fsp3) is 0.385. The number of hydrogen-bond donors (Lipinski definition) is 1. The zero-order valence-corrected chi connectivity index (χ0v) is 10.4. The molecule has 2 N–H and O–H groups in total. The minimum atomic E-state index is 0.124. The first kappa shape index (κ1) is 11.8. The molecule has 1 aromatic heterocycles. The molecule has 0 radical (unpaired) electrons. The van der Waals surface area contributed by atoms with Crippen LogP contribution in [0.25, 0.3) is 11.5 Å². The summed E-state index contributed by atoms with van der Waals surface area (Å²) in [5.74, 6) is 1.35. The zero-order valence-electron chi connectivity index (χ0n) is 10.4. The molecule has 2 rings (SSSR count). The number of benzene rings is 1. The third-order valence-corrected chi connectivity index (χ3v) is 2.99. The van der Waals surface area contributed by atoms with Crippen molar-refractivity contribution in [2.24, 2.45) is 5.73 Å². The van der Waals surface area contributed by atoms with Gasteiger partial charge in [0.1, 0.15) is 0 Å². The Morgan fingerprint density at radius 2 is 2.06 bits per heavy atom. The first-order chi connectivity index (χ1) is 8.11. The van der Waals surface area contributed by atoms with Gasteiger partial charge in [-0.2, -0.15) is 4.98 Å². The molecular weight excluding hydrogens is 214 g/mol. The average molecular weight is 231 g/mol. The molecule has 1 atom stereocenters. The number of aryl methyl sites for hydroxylation is 2. The third-order valence-electron chi connectivity index (χ3n) is 2.99. The van der Waals surface area contributed by atoms with Gasteiger partial charge in [0, 0.05) is 18.0 Å². The normalized spacial score (nSPS) is 12.7. The molecule has 0 fully saturated rings. The van der Waals surface area contributed by atoms with E-state index in [9.17, 15) is 0 Å². The van der Waals surface area contributed by atoms with Crippen LogP contribution < -0.4 is 5.73 Å². The summed E-state index contributed by atoms with van der Waals surface area (Å²) in [6.07, 6.45) is 0. The van der Waals surface area contributed by atoms with Gasteiger partial charge < -0.3 is 10.3 Å². The average Bonchev–Trinajstić information content (AvgIpc) is 2.81. The smallest absolute Gasteiger partial charge is 0.257 e. The molecule has 2 aromatic rings. The lowest BCUT2D eigenvalue weighted by atomic mass is 10.1. The Morgan fingerprint density at radius 3 is 2.71 bits per heavy atom. The summed E-state index contributed by atoms with van der Waals surface area (Å²) in [5.41, 5.74) is 9.00. The number of hydrogen-bond acceptors (Lipinski definition) is 4. The van der Waals surface area contributed by atoms with Gasteiger partial charge in [-0.3, -0.25) is 0 Å². The summed E-state index contributed by atoms with van der Waals surface area (Å²) >= 11 is 0. The van der Waals surface area contributed by atoms with Crippen LogP contribution in [-0.4, -0.2) is 16.7 Å². The van der Waals surface area contributed by atoms with Crippen LogP contribution in [0.15, 0.2) is 22.7 Å². The molecule has 0 aliphatic rings. The van der Waals surface area contributed by atoms with Crippen molar-refractivity contribution in [3.8, 4) is 11.5 Å². The zero-order chi connectivity index (χ0) is 12.4. The summed E-state index contributed by atoms with van der Waals surface area (Å²) in [6, 6.07) is 6.10. The maximum absolute atomic E-state index is 5.57. The van der Waals surface area contributed by atoms with Crippen molar-refractivity contribution in [2.45, 2.75) is 26.7 Å². The monoisotopic (exact) mass is 231 g/mol. The van der Waals surface area contributed by atoms with Crippen molar-refractivity contribution in [2.75, 3.05) is 6.54 Å². The lowest BCUT2D eigenvalue weighted by molar-refractivity contribution is 0.418. The number of nitrogens with zero attached hydrogens (tertiary/aromatic N) is 2. The van der Waals surface area contributed by atoms with Crippen LogP contribution in [0, 0.1) is 13.8 Å². The molecule has 0 saturated carbocycles. The highest BCUT2D eigenvalue weighted by Crippen LogP contribution is 2.22. The molecule has 90 valence electrons. The van der Waals surface area contributed by atoms with Gasteiger partial charge in [-0.25, -0.2) is 0 Å². The molecule has 4 heteroatoms. The number of nitrogens with two attached hydrogens (primary N) is 1. The van der Waals surface area contributed by atoms with Gasteiger partial charge in [0.2, 0.25) is 0 Å². The van der Waals surface area contributed by atoms with E-state index in [0.717, 1.165) is 5.56 Å². The van der Waals surface area contributed by atoms with E-state index in [1.165, 1.54) is 11.1 Å². The summed E-state index contributed by atoms with van der Waals surface area (Å²) in [6.45, 7) is 6.65. The second-order valence-electron chi connectivity index (χ2n) is 4.39. The van der Waals surface area contributed by atoms with Crippen molar-refractivity contribution in [1.82, 2.24) is 10.1 Å². The van der Waals surface area contributed by atoms with Crippen molar-refractivity contribution in [1.29, 1.82) is 0 Å². The lowest BCUT2D eigenvalue weighted by Crippen LogP contribution is -2.10. The van der Waals surface area contributed by atoms with Gasteiger partial charge in [-0.15, -0.1) is 0 Å². The summed E-state index contributed by atoms with van der Waals surface area (Å²) < 4.78 is 5.25. The quantitative estimate of drug-likeness (QED) is 0.881. The molecule has 17 heavy (non-hydrogen) atoms. The molecule has 0 aliphatic carbocycles. The van der Waals surface area contributed by atoms with Gasteiger partial charge in [0.05, 0.1) is 0 Å². The van der Waals surface area contributed by atoms with Crippen molar-refractivity contribution in [3.05, 3.63) is 35.2 Å². The maximum Gasteiger partial charge on any atom is 0.257 e. The molecule has 0 aliphatic heterocycles. The SMILES string of the molecule is Cc1ccc(-c2nc(C(C)CN)no2)cc1C. The Labute approximate surface area is 101 Å². The third kappa shape index (κ3) is 2.36. The summed E-state index contributed by atoms with van der Waals surface area (Å²) in [4.78, 5) is 4.36. The molecule has 0 amide bonds. The predicted octanol–water partition coefficient (Wildman–Crippen LogP) is 2.42. The Morgan fingerprint density at radius 1 is 1.29 bits per heavy atom. The van der Waals surface area contributed by atoms with E-state index >= 15 is 0 Å². The number of rotatable bonds is 3. The van der Waals surface area contributed by atoms with E-state index < -0.39 is 0 Å². The Balaban J connectivity index is 2.33. The molecule has 0 saturated heterocycles. The lowest BCUT2D eigenvalue weighted by Gasteiger charge is -2.01. The summed E-state index contributed by atoms with van der Waals surface area (Å²) in [7, 11) is 0. The molecule has 1 heterocycles. The van der Waals surface area contributed by atoms with E-state index in [-0.39, 0.29) is 5.92 Å². The first-order valence-corrected chi connectivity index (χ1v) is 5.73. The van der Waals surface area contributed by atoms with Gasteiger partial charge in [-0.05, 0) is 37.1 Å². The Hall–Kier alpha value is -1.68.